The van der Waals surface area contributed by atoms with Crippen LogP contribution in [0.2, 0.25) is 0 Å². The number of methoxy groups -OCH3 is 1. The van der Waals surface area contributed by atoms with Crippen molar-refractivity contribution < 1.29 is 4.74 Å². The van der Waals surface area contributed by atoms with Crippen molar-refractivity contribution in [3.05, 3.63) is 21.9 Å². The zero-order chi connectivity index (χ0) is 14.6. The van der Waals surface area contributed by atoms with Crippen LogP contribution in [0.3, 0.4) is 0 Å². The van der Waals surface area contributed by atoms with Crippen molar-refractivity contribution in [3.63, 3.8) is 0 Å². The fourth-order valence-corrected chi connectivity index (χ4v) is 4.36. The van der Waals surface area contributed by atoms with Crippen LogP contribution in [0.1, 0.15) is 61.7 Å². The van der Waals surface area contributed by atoms with E-state index in [1.165, 1.54) is 35.4 Å². The van der Waals surface area contributed by atoms with Gasteiger partial charge in [0.2, 0.25) is 0 Å². The summed E-state index contributed by atoms with van der Waals surface area (Å²) in [5.74, 6) is 0.843. The van der Waals surface area contributed by atoms with Crippen LogP contribution in [0.25, 0.3) is 0 Å². The van der Waals surface area contributed by atoms with E-state index in [1.807, 2.05) is 18.4 Å². The lowest BCUT2D eigenvalue weighted by Crippen LogP contribution is -2.47. The molecule has 0 saturated heterocycles. The predicted octanol–water partition coefficient (Wildman–Crippen LogP) is 4.69. The number of nitrogens with one attached hydrogen (secondary N) is 1. The average Bonchev–Trinajstić information content (AvgIpc) is 2.88. The van der Waals surface area contributed by atoms with Gasteiger partial charge in [0.1, 0.15) is 0 Å². The van der Waals surface area contributed by atoms with E-state index < -0.39 is 0 Å². The Balaban J connectivity index is 2.23. The number of thiophene rings is 1. The van der Waals surface area contributed by atoms with E-state index in [2.05, 4.69) is 38.2 Å². The van der Waals surface area contributed by atoms with Gasteiger partial charge in [0, 0.05) is 16.9 Å². The molecule has 3 heteroatoms. The number of hydrogen-bond acceptors (Lipinski definition) is 3. The fraction of sp³-hybridized carbons (Fsp3) is 0.765. The monoisotopic (exact) mass is 295 g/mol. The highest BCUT2D eigenvalue weighted by Crippen LogP contribution is 2.44. The van der Waals surface area contributed by atoms with Gasteiger partial charge in [-0.3, -0.25) is 0 Å². The SMILES string of the molecule is CCCNC(c1ccc(C)s1)C1(OC)CCC(C)CC1. The van der Waals surface area contributed by atoms with Gasteiger partial charge in [-0.25, -0.2) is 0 Å². The molecule has 1 saturated carbocycles. The fourth-order valence-electron chi connectivity index (χ4n) is 3.30. The van der Waals surface area contributed by atoms with Crippen LogP contribution in [0, 0.1) is 12.8 Å². The van der Waals surface area contributed by atoms with E-state index in [0.29, 0.717) is 6.04 Å². The summed E-state index contributed by atoms with van der Waals surface area (Å²) in [6, 6.07) is 4.86. The molecule has 20 heavy (non-hydrogen) atoms. The van der Waals surface area contributed by atoms with E-state index in [-0.39, 0.29) is 5.60 Å². The van der Waals surface area contributed by atoms with Crippen LogP contribution >= 0.6 is 11.3 Å². The van der Waals surface area contributed by atoms with Crippen molar-refractivity contribution in [3.8, 4) is 0 Å². The smallest absolute Gasteiger partial charge is 0.0880 e. The molecule has 1 fully saturated rings. The highest BCUT2D eigenvalue weighted by molar-refractivity contribution is 7.12. The highest BCUT2D eigenvalue weighted by atomic mass is 32.1. The van der Waals surface area contributed by atoms with E-state index in [4.69, 9.17) is 4.74 Å². The van der Waals surface area contributed by atoms with Gasteiger partial charge in [0.15, 0.2) is 0 Å². The maximum Gasteiger partial charge on any atom is 0.0880 e. The van der Waals surface area contributed by atoms with E-state index in [9.17, 15) is 0 Å². The summed E-state index contributed by atoms with van der Waals surface area (Å²) in [6.45, 7) is 7.84. The molecule has 0 aliphatic heterocycles. The van der Waals surface area contributed by atoms with Gasteiger partial charge in [0.25, 0.3) is 0 Å². The van der Waals surface area contributed by atoms with Crippen molar-refractivity contribution in [1.29, 1.82) is 0 Å². The third-order valence-electron chi connectivity index (χ3n) is 4.70. The lowest BCUT2D eigenvalue weighted by atomic mass is 9.74. The minimum Gasteiger partial charge on any atom is -0.376 e. The van der Waals surface area contributed by atoms with Crippen molar-refractivity contribution >= 4 is 11.3 Å². The molecule has 1 N–H and O–H groups in total. The second-order valence-electron chi connectivity index (χ2n) is 6.29. The third kappa shape index (κ3) is 3.44. The van der Waals surface area contributed by atoms with E-state index in [0.717, 1.165) is 18.9 Å². The summed E-state index contributed by atoms with van der Waals surface area (Å²) in [5, 5.41) is 3.76. The number of aryl methyl sites for hydroxylation is 1. The average molecular weight is 295 g/mol. The van der Waals surface area contributed by atoms with Gasteiger partial charge < -0.3 is 10.1 Å². The van der Waals surface area contributed by atoms with Crippen LogP contribution in [0.4, 0.5) is 0 Å². The standard InChI is InChI=1S/C17H29NOS/c1-5-12-18-16(15-7-6-14(3)20-15)17(19-4)10-8-13(2)9-11-17/h6-7,13,16,18H,5,8-12H2,1-4H3. The molecule has 1 unspecified atom stereocenters. The molecule has 0 aromatic carbocycles. The molecule has 1 aliphatic rings. The van der Waals surface area contributed by atoms with Crippen molar-refractivity contribution in [2.24, 2.45) is 5.92 Å². The molecule has 2 nitrogen and oxygen atoms in total. The minimum absolute atomic E-state index is 0.0149. The van der Waals surface area contributed by atoms with Crippen molar-refractivity contribution in [1.82, 2.24) is 5.32 Å². The molecular formula is C17H29NOS. The quantitative estimate of drug-likeness (QED) is 0.822. The maximum atomic E-state index is 6.09. The molecule has 1 aliphatic carbocycles. The molecule has 114 valence electrons. The maximum absolute atomic E-state index is 6.09. The molecule has 0 spiro atoms. The molecule has 1 atom stereocenters. The first-order valence-electron chi connectivity index (χ1n) is 7.96. The number of rotatable bonds is 6. The molecule has 0 bridgehead atoms. The zero-order valence-electron chi connectivity index (χ0n) is 13.4. The Hall–Kier alpha value is -0.380. The molecule has 1 heterocycles. The van der Waals surface area contributed by atoms with Crippen LogP contribution < -0.4 is 5.32 Å². The Kier molecular flexibility index (Phi) is 5.65. The largest absolute Gasteiger partial charge is 0.376 e. The van der Waals surface area contributed by atoms with Crippen LogP contribution in [-0.4, -0.2) is 19.3 Å². The van der Waals surface area contributed by atoms with Gasteiger partial charge in [0.05, 0.1) is 11.6 Å². The van der Waals surface area contributed by atoms with Gasteiger partial charge in [-0.2, -0.15) is 0 Å². The van der Waals surface area contributed by atoms with Crippen molar-refractivity contribution in [2.45, 2.75) is 64.5 Å². The Morgan fingerprint density at radius 3 is 2.60 bits per heavy atom. The first-order valence-corrected chi connectivity index (χ1v) is 8.78. The molecule has 0 radical (unpaired) electrons. The molecule has 0 amide bonds. The second-order valence-corrected chi connectivity index (χ2v) is 7.61. The third-order valence-corrected chi connectivity index (χ3v) is 5.76. The first-order chi connectivity index (χ1) is 9.61. The molecular weight excluding hydrogens is 266 g/mol. The summed E-state index contributed by atoms with van der Waals surface area (Å²) in [5.41, 5.74) is -0.0149. The van der Waals surface area contributed by atoms with Gasteiger partial charge in [-0.15, -0.1) is 11.3 Å². The van der Waals surface area contributed by atoms with Crippen molar-refractivity contribution in [2.75, 3.05) is 13.7 Å². The minimum atomic E-state index is -0.0149. The molecule has 1 aromatic rings. The van der Waals surface area contributed by atoms with Gasteiger partial charge >= 0.3 is 0 Å². The lowest BCUT2D eigenvalue weighted by molar-refractivity contribution is -0.0752. The number of ether oxygens (including phenoxy) is 1. The number of hydrogen-bond donors (Lipinski definition) is 1. The lowest BCUT2D eigenvalue weighted by Gasteiger charge is -2.44. The summed E-state index contributed by atoms with van der Waals surface area (Å²) < 4.78 is 6.09. The Bertz CT molecular complexity index is 407. The zero-order valence-corrected chi connectivity index (χ0v) is 14.2. The Labute approximate surface area is 127 Å². The summed E-state index contributed by atoms with van der Waals surface area (Å²) >= 11 is 1.91. The van der Waals surface area contributed by atoms with E-state index >= 15 is 0 Å². The van der Waals surface area contributed by atoms with Crippen LogP contribution in [-0.2, 0) is 4.74 Å². The topological polar surface area (TPSA) is 21.3 Å². The van der Waals surface area contributed by atoms with Gasteiger partial charge in [-0.05, 0) is 63.6 Å². The Morgan fingerprint density at radius 1 is 1.40 bits per heavy atom. The second kappa shape index (κ2) is 7.06. The highest BCUT2D eigenvalue weighted by Gasteiger charge is 2.42. The summed E-state index contributed by atoms with van der Waals surface area (Å²) in [4.78, 5) is 2.83. The predicted molar refractivity (Wildman–Crippen MR) is 87.5 cm³/mol. The van der Waals surface area contributed by atoms with E-state index in [1.54, 1.807) is 0 Å². The van der Waals surface area contributed by atoms with Gasteiger partial charge in [-0.1, -0.05) is 13.8 Å². The molecule has 1 aromatic heterocycles. The summed E-state index contributed by atoms with van der Waals surface area (Å²) in [6.07, 6.45) is 6.06. The van der Waals surface area contributed by atoms with Crippen LogP contribution in [0.5, 0.6) is 0 Å². The molecule has 2 rings (SSSR count). The Morgan fingerprint density at radius 2 is 2.10 bits per heavy atom. The van der Waals surface area contributed by atoms with Crippen LogP contribution in [0.15, 0.2) is 12.1 Å². The first kappa shape index (κ1) is 16.0. The summed E-state index contributed by atoms with van der Waals surface area (Å²) in [7, 11) is 1.90. The normalized spacial score (nSPS) is 28.5.